The molecular weight excluding hydrogens is 378 g/mol. The second-order valence-electron chi connectivity index (χ2n) is 6.55. The maximum absolute atomic E-state index is 6.66. The molecule has 7 heteroatoms. The average molecular weight is 400 g/mol. The highest BCUT2D eigenvalue weighted by Crippen LogP contribution is 2.42. The number of nitrogen functional groups attached to an aromatic ring is 1. The van der Waals surface area contributed by atoms with Crippen LogP contribution in [0, 0.1) is 0 Å². The highest BCUT2D eigenvalue weighted by Gasteiger charge is 2.22. The van der Waals surface area contributed by atoms with E-state index < -0.39 is 0 Å². The summed E-state index contributed by atoms with van der Waals surface area (Å²) in [4.78, 5) is 7.13. The molecule has 2 heterocycles. The van der Waals surface area contributed by atoms with Crippen molar-refractivity contribution in [1.82, 2.24) is 4.98 Å². The number of nitrogens with two attached hydrogens (primary N) is 1. The van der Waals surface area contributed by atoms with E-state index in [1.807, 2.05) is 36.4 Å². The normalized spacial score (nSPS) is 14.3. The van der Waals surface area contributed by atoms with E-state index in [9.17, 15) is 0 Å². The number of pyridine rings is 1. The van der Waals surface area contributed by atoms with Crippen molar-refractivity contribution in [1.29, 1.82) is 0 Å². The van der Waals surface area contributed by atoms with Crippen LogP contribution in [0.15, 0.2) is 36.4 Å². The minimum Gasteiger partial charge on any atom is -0.493 e. The van der Waals surface area contributed by atoms with Crippen molar-refractivity contribution in [3.05, 3.63) is 41.4 Å². The van der Waals surface area contributed by atoms with Crippen LogP contribution < -0.4 is 20.1 Å². The Morgan fingerprint density at radius 3 is 2.50 bits per heavy atom. The summed E-state index contributed by atoms with van der Waals surface area (Å²) in [6.45, 7) is 2.80. The van der Waals surface area contributed by atoms with Gasteiger partial charge in [0.15, 0.2) is 11.5 Å². The van der Waals surface area contributed by atoms with Crippen molar-refractivity contribution in [2.75, 3.05) is 51.2 Å². The number of methoxy groups -OCH3 is 2. The van der Waals surface area contributed by atoms with E-state index in [2.05, 4.69) is 4.90 Å². The van der Waals surface area contributed by atoms with E-state index in [0.29, 0.717) is 35.4 Å². The fourth-order valence-electron chi connectivity index (χ4n) is 3.53. The average Bonchev–Trinajstić information content (AvgIpc) is 2.73. The lowest BCUT2D eigenvalue weighted by molar-refractivity contribution is 0.122. The summed E-state index contributed by atoms with van der Waals surface area (Å²) < 4.78 is 16.4. The number of aromatic nitrogens is 1. The molecule has 28 heavy (non-hydrogen) atoms. The van der Waals surface area contributed by atoms with Crippen LogP contribution in [-0.4, -0.2) is 45.5 Å². The molecule has 0 atom stereocenters. The topological polar surface area (TPSA) is 69.8 Å². The lowest BCUT2D eigenvalue weighted by atomic mass is 10.00. The van der Waals surface area contributed by atoms with Gasteiger partial charge < -0.3 is 24.8 Å². The number of benzene rings is 2. The summed E-state index contributed by atoms with van der Waals surface area (Å²) in [5, 5.41) is 1.50. The van der Waals surface area contributed by atoms with E-state index in [4.69, 9.17) is 36.5 Å². The Hall–Kier alpha value is -2.70. The van der Waals surface area contributed by atoms with Crippen LogP contribution in [0.2, 0.25) is 5.02 Å². The molecule has 0 bridgehead atoms. The van der Waals surface area contributed by atoms with Gasteiger partial charge in [-0.2, -0.15) is 0 Å². The molecule has 2 aromatic carbocycles. The first-order valence-corrected chi connectivity index (χ1v) is 9.44. The van der Waals surface area contributed by atoms with Crippen molar-refractivity contribution < 1.29 is 14.2 Å². The number of morpholine rings is 1. The van der Waals surface area contributed by atoms with Crippen LogP contribution in [0.3, 0.4) is 0 Å². The third-order valence-electron chi connectivity index (χ3n) is 4.95. The van der Waals surface area contributed by atoms with Crippen molar-refractivity contribution in [2.45, 2.75) is 0 Å². The molecular formula is C21H22ClN3O3. The molecule has 146 valence electrons. The maximum Gasteiger partial charge on any atom is 0.161 e. The number of ether oxygens (including phenoxy) is 3. The van der Waals surface area contributed by atoms with Crippen LogP contribution in [0.4, 0.5) is 11.5 Å². The minimum absolute atomic E-state index is 0.631. The molecule has 0 spiro atoms. The molecule has 0 aliphatic carbocycles. The first-order valence-electron chi connectivity index (χ1n) is 9.06. The summed E-state index contributed by atoms with van der Waals surface area (Å²) in [6.07, 6.45) is 0. The Morgan fingerprint density at radius 1 is 1.04 bits per heavy atom. The molecule has 1 aliphatic heterocycles. The number of hydrogen-bond acceptors (Lipinski definition) is 6. The zero-order valence-corrected chi connectivity index (χ0v) is 16.6. The SMILES string of the molecule is COc1ccc(-c2c(N3CCOCC3)nc3cc(Cl)ccc3c2N)cc1OC. The largest absolute Gasteiger partial charge is 0.493 e. The zero-order chi connectivity index (χ0) is 19.7. The Morgan fingerprint density at radius 2 is 1.79 bits per heavy atom. The van der Waals surface area contributed by atoms with Gasteiger partial charge in [-0.15, -0.1) is 0 Å². The molecule has 0 unspecified atom stereocenters. The van der Waals surface area contributed by atoms with Gasteiger partial charge in [0.25, 0.3) is 0 Å². The number of hydrogen-bond donors (Lipinski definition) is 1. The first-order chi connectivity index (χ1) is 13.6. The van der Waals surface area contributed by atoms with Gasteiger partial charge in [-0.05, 0) is 35.9 Å². The number of halogens is 1. The Kier molecular flexibility index (Phi) is 5.15. The van der Waals surface area contributed by atoms with Gasteiger partial charge in [0.2, 0.25) is 0 Å². The molecule has 1 saturated heterocycles. The zero-order valence-electron chi connectivity index (χ0n) is 15.9. The lowest BCUT2D eigenvalue weighted by Crippen LogP contribution is -2.37. The van der Waals surface area contributed by atoms with Gasteiger partial charge in [0.05, 0.1) is 38.6 Å². The van der Waals surface area contributed by atoms with Crippen LogP contribution in [-0.2, 0) is 4.74 Å². The molecule has 6 nitrogen and oxygen atoms in total. The monoisotopic (exact) mass is 399 g/mol. The van der Waals surface area contributed by atoms with Crippen LogP contribution in [0.1, 0.15) is 0 Å². The van der Waals surface area contributed by atoms with Crippen molar-refractivity contribution >= 4 is 34.0 Å². The van der Waals surface area contributed by atoms with Gasteiger partial charge in [0.1, 0.15) is 5.82 Å². The summed E-state index contributed by atoms with van der Waals surface area (Å²) in [7, 11) is 3.24. The molecule has 0 amide bonds. The smallest absolute Gasteiger partial charge is 0.161 e. The predicted molar refractivity (Wildman–Crippen MR) is 113 cm³/mol. The fourth-order valence-corrected chi connectivity index (χ4v) is 3.70. The second kappa shape index (κ2) is 7.73. The highest BCUT2D eigenvalue weighted by molar-refractivity contribution is 6.31. The van der Waals surface area contributed by atoms with Crippen LogP contribution in [0.5, 0.6) is 11.5 Å². The minimum atomic E-state index is 0.631. The van der Waals surface area contributed by atoms with Crippen molar-refractivity contribution in [3.8, 4) is 22.6 Å². The number of anilines is 2. The van der Waals surface area contributed by atoms with E-state index in [1.165, 1.54) is 0 Å². The standard InChI is InChI=1S/C21H22ClN3O3/c1-26-17-6-3-13(11-18(17)27-2)19-20(23)15-5-4-14(22)12-16(15)24-21(19)25-7-9-28-10-8-25/h3-6,11-12H,7-10H2,1-2H3,(H2,23,24). The Balaban J connectivity index is 1.97. The number of fused-ring (bicyclic) bond motifs is 1. The maximum atomic E-state index is 6.66. The van der Waals surface area contributed by atoms with Gasteiger partial charge in [-0.25, -0.2) is 4.98 Å². The summed E-state index contributed by atoms with van der Waals surface area (Å²) in [5.41, 5.74) is 9.88. The van der Waals surface area contributed by atoms with Gasteiger partial charge >= 0.3 is 0 Å². The summed E-state index contributed by atoms with van der Waals surface area (Å²) in [5.74, 6) is 2.13. The van der Waals surface area contributed by atoms with Gasteiger partial charge in [0, 0.05) is 29.1 Å². The molecule has 0 radical (unpaired) electrons. The molecule has 0 saturated carbocycles. The Labute approximate surface area is 168 Å². The number of nitrogens with zero attached hydrogens (tertiary/aromatic N) is 2. The van der Waals surface area contributed by atoms with Gasteiger partial charge in [-0.1, -0.05) is 17.7 Å². The molecule has 1 fully saturated rings. The van der Waals surface area contributed by atoms with Crippen molar-refractivity contribution in [2.24, 2.45) is 0 Å². The van der Waals surface area contributed by atoms with Crippen molar-refractivity contribution in [3.63, 3.8) is 0 Å². The molecule has 1 aromatic heterocycles. The van der Waals surface area contributed by atoms with Crippen LogP contribution in [0.25, 0.3) is 22.0 Å². The third-order valence-corrected chi connectivity index (χ3v) is 5.19. The number of rotatable bonds is 4. The van der Waals surface area contributed by atoms with E-state index in [0.717, 1.165) is 40.9 Å². The van der Waals surface area contributed by atoms with Gasteiger partial charge in [-0.3, -0.25) is 0 Å². The highest BCUT2D eigenvalue weighted by atomic mass is 35.5. The Bertz CT molecular complexity index is 1020. The van der Waals surface area contributed by atoms with E-state index in [-0.39, 0.29) is 0 Å². The lowest BCUT2D eigenvalue weighted by Gasteiger charge is -2.30. The van der Waals surface area contributed by atoms with Crippen LogP contribution >= 0.6 is 11.6 Å². The fraction of sp³-hybridized carbons (Fsp3) is 0.286. The molecule has 2 N–H and O–H groups in total. The molecule has 3 aromatic rings. The quantitative estimate of drug-likeness (QED) is 0.715. The third kappa shape index (κ3) is 3.30. The second-order valence-corrected chi connectivity index (χ2v) is 6.99. The summed E-state index contributed by atoms with van der Waals surface area (Å²) in [6, 6.07) is 11.4. The molecule has 1 aliphatic rings. The predicted octanol–water partition coefficient (Wildman–Crippen LogP) is 3.99. The molecule has 4 rings (SSSR count). The van der Waals surface area contributed by atoms with E-state index in [1.54, 1.807) is 14.2 Å². The van der Waals surface area contributed by atoms with E-state index >= 15 is 0 Å². The summed E-state index contributed by atoms with van der Waals surface area (Å²) >= 11 is 6.19. The first kappa shape index (κ1) is 18.7.